The predicted molar refractivity (Wildman–Crippen MR) is 129 cm³/mol. The fourth-order valence-corrected chi connectivity index (χ4v) is 5.21. The fourth-order valence-electron chi connectivity index (χ4n) is 3.87. The van der Waals surface area contributed by atoms with E-state index in [1.54, 1.807) is 25.1 Å². The van der Waals surface area contributed by atoms with Crippen molar-refractivity contribution in [1.82, 2.24) is 14.9 Å². The number of nitrogens with zero attached hydrogens (tertiary/aromatic N) is 2. The molecule has 0 bridgehead atoms. The molecule has 1 saturated heterocycles. The van der Waals surface area contributed by atoms with Crippen molar-refractivity contribution < 1.29 is 17.6 Å². The van der Waals surface area contributed by atoms with Crippen molar-refractivity contribution >= 4 is 33.2 Å². The van der Waals surface area contributed by atoms with Gasteiger partial charge in [-0.05, 0) is 49.9 Å². The monoisotopic (exact) mass is 496 g/mol. The zero-order valence-electron chi connectivity index (χ0n) is 18.9. The number of anilines is 1. The summed E-state index contributed by atoms with van der Waals surface area (Å²) in [5.41, 5.74) is 1.61. The number of hydrogen-bond acceptors (Lipinski definition) is 5. The fraction of sp³-hybridized carbons (Fsp3) is 0.435. The minimum atomic E-state index is -3.77. The molecule has 1 aliphatic rings. The Labute approximate surface area is 200 Å². The number of benzene rings is 2. The lowest BCUT2D eigenvalue weighted by atomic mass is 10.0. The summed E-state index contributed by atoms with van der Waals surface area (Å²) in [5.74, 6) is -0.696. The molecule has 1 amide bonds. The van der Waals surface area contributed by atoms with Crippen LogP contribution in [0.1, 0.15) is 31.9 Å². The van der Waals surface area contributed by atoms with Gasteiger partial charge in [0.05, 0.1) is 10.9 Å². The van der Waals surface area contributed by atoms with E-state index in [1.165, 1.54) is 24.3 Å². The molecule has 1 fully saturated rings. The Hall–Kier alpha value is -2.20. The number of rotatable bonds is 9. The van der Waals surface area contributed by atoms with Crippen molar-refractivity contribution in [1.29, 1.82) is 0 Å². The van der Waals surface area contributed by atoms with E-state index in [0.29, 0.717) is 10.6 Å². The molecule has 3 rings (SSSR count). The van der Waals surface area contributed by atoms with Crippen molar-refractivity contribution in [3.05, 3.63) is 58.9 Å². The van der Waals surface area contributed by atoms with E-state index in [9.17, 15) is 17.6 Å². The van der Waals surface area contributed by atoms with Crippen molar-refractivity contribution in [3.8, 4) is 0 Å². The number of carbonyl (C=O) groups excluding carboxylic acids is 1. The Balaban J connectivity index is 1.59. The molecule has 0 radical (unpaired) electrons. The quantitative estimate of drug-likeness (QED) is 0.557. The van der Waals surface area contributed by atoms with E-state index in [4.69, 9.17) is 11.6 Å². The molecule has 180 valence electrons. The lowest BCUT2D eigenvalue weighted by Crippen LogP contribution is -2.46. The van der Waals surface area contributed by atoms with Crippen LogP contribution in [-0.4, -0.2) is 58.5 Å². The summed E-state index contributed by atoms with van der Waals surface area (Å²) in [6.45, 7) is 8.39. The molecule has 2 N–H and O–H groups in total. The van der Waals surface area contributed by atoms with Gasteiger partial charge in [0.2, 0.25) is 15.9 Å². The lowest BCUT2D eigenvalue weighted by Gasteiger charge is -2.37. The van der Waals surface area contributed by atoms with Crippen molar-refractivity contribution in [2.45, 2.75) is 31.2 Å². The van der Waals surface area contributed by atoms with Crippen LogP contribution in [0.4, 0.5) is 10.1 Å². The number of likely N-dealkylation sites (N-methyl/N-ethyl adjacent to an activating group) is 1. The van der Waals surface area contributed by atoms with E-state index in [2.05, 4.69) is 26.8 Å². The van der Waals surface area contributed by atoms with Crippen LogP contribution in [0.5, 0.6) is 0 Å². The SMILES string of the molecule is CCN1CCN(c2ccc(F)cc2C(C)NC(=O)CCNS(=O)(=O)c2cccc(Cl)c2)CC1. The molecular weight excluding hydrogens is 467 g/mol. The Morgan fingerprint density at radius 2 is 1.88 bits per heavy atom. The number of sulfonamides is 1. The van der Waals surface area contributed by atoms with Crippen LogP contribution in [0.3, 0.4) is 0 Å². The number of piperazine rings is 1. The highest BCUT2D eigenvalue weighted by Crippen LogP contribution is 2.28. The van der Waals surface area contributed by atoms with E-state index >= 15 is 0 Å². The normalized spacial score (nSPS) is 15.9. The zero-order chi connectivity index (χ0) is 24.0. The van der Waals surface area contributed by atoms with Gasteiger partial charge in [-0.15, -0.1) is 0 Å². The molecular formula is C23H30ClFN4O3S. The molecule has 0 saturated carbocycles. The van der Waals surface area contributed by atoms with Crippen LogP contribution in [0.25, 0.3) is 0 Å². The van der Waals surface area contributed by atoms with Crippen molar-refractivity contribution in [3.63, 3.8) is 0 Å². The molecule has 33 heavy (non-hydrogen) atoms. The van der Waals surface area contributed by atoms with Gasteiger partial charge >= 0.3 is 0 Å². The van der Waals surface area contributed by atoms with Gasteiger partial charge in [-0.3, -0.25) is 4.79 Å². The first kappa shape index (κ1) is 25.4. The molecule has 1 atom stereocenters. The van der Waals surface area contributed by atoms with Crippen molar-refractivity contribution in [2.24, 2.45) is 0 Å². The topological polar surface area (TPSA) is 81.8 Å². The van der Waals surface area contributed by atoms with Crippen LogP contribution in [-0.2, 0) is 14.8 Å². The van der Waals surface area contributed by atoms with Crippen molar-refractivity contribution in [2.75, 3.05) is 44.2 Å². The van der Waals surface area contributed by atoms with E-state index in [0.717, 1.165) is 38.4 Å². The predicted octanol–water partition coefficient (Wildman–Crippen LogP) is 3.17. The Morgan fingerprint density at radius 1 is 1.15 bits per heavy atom. The third-order valence-corrected chi connectivity index (χ3v) is 7.44. The maximum absolute atomic E-state index is 14.0. The second-order valence-corrected chi connectivity index (χ2v) is 10.2. The third-order valence-electron chi connectivity index (χ3n) is 5.74. The van der Waals surface area contributed by atoms with Gasteiger partial charge in [0, 0.05) is 55.4 Å². The number of carbonyl (C=O) groups is 1. The first-order valence-corrected chi connectivity index (χ1v) is 12.9. The molecule has 2 aromatic rings. The number of amides is 1. The van der Waals surface area contributed by atoms with Gasteiger partial charge in [0.25, 0.3) is 0 Å². The lowest BCUT2D eigenvalue weighted by molar-refractivity contribution is -0.121. The highest BCUT2D eigenvalue weighted by molar-refractivity contribution is 7.89. The molecule has 10 heteroatoms. The summed E-state index contributed by atoms with van der Waals surface area (Å²) < 4.78 is 41.2. The summed E-state index contributed by atoms with van der Waals surface area (Å²) in [7, 11) is -3.77. The number of halogens is 2. The summed E-state index contributed by atoms with van der Waals surface area (Å²) in [6, 6.07) is 10.1. The van der Waals surface area contributed by atoms with Gasteiger partial charge in [0.1, 0.15) is 5.82 Å². The summed E-state index contributed by atoms with van der Waals surface area (Å²) in [5, 5.41) is 3.17. The number of hydrogen-bond donors (Lipinski definition) is 2. The van der Waals surface area contributed by atoms with Crippen LogP contribution in [0, 0.1) is 5.82 Å². The van der Waals surface area contributed by atoms with Gasteiger partial charge in [-0.2, -0.15) is 0 Å². The average Bonchev–Trinajstić information content (AvgIpc) is 2.79. The van der Waals surface area contributed by atoms with Crippen LogP contribution in [0.2, 0.25) is 5.02 Å². The van der Waals surface area contributed by atoms with Crippen LogP contribution >= 0.6 is 11.6 Å². The molecule has 0 aromatic heterocycles. The second kappa shape index (κ2) is 11.3. The minimum absolute atomic E-state index is 0.0383. The summed E-state index contributed by atoms with van der Waals surface area (Å²) in [4.78, 5) is 17.1. The average molecular weight is 497 g/mol. The van der Waals surface area contributed by atoms with Gasteiger partial charge < -0.3 is 15.1 Å². The molecule has 1 unspecified atom stereocenters. The molecule has 0 spiro atoms. The van der Waals surface area contributed by atoms with E-state index < -0.39 is 16.1 Å². The zero-order valence-corrected chi connectivity index (χ0v) is 20.4. The smallest absolute Gasteiger partial charge is 0.240 e. The van der Waals surface area contributed by atoms with E-state index in [1.807, 2.05) is 0 Å². The standard InChI is InChI=1S/C23H30ClFN4O3S/c1-3-28-11-13-29(14-12-28)22-8-7-19(25)16-21(22)17(2)27-23(30)9-10-26-33(31,32)20-6-4-5-18(24)15-20/h4-8,15-17,26H,3,9-14H2,1-2H3,(H,27,30). The van der Waals surface area contributed by atoms with E-state index in [-0.39, 0.29) is 29.6 Å². The number of nitrogens with one attached hydrogen (secondary N) is 2. The third kappa shape index (κ3) is 6.89. The van der Waals surface area contributed by atoms with Crippen LogP contribution in [0.15, 0.2) is 47.4 Å². The Morgan fingerprint density at radius 3 is 2.55 bits per heavy atom. The minimum Gasteiger partial charge on any atom is -0.369 e. The summed E-state index contributed by atoms with van der Waals surface area (Å²) >= 11 is 5.86. The van der Waals surface area contributed by atoms with Gasteiger partial charge in [-0.1, -0.05) is 24.6 Å². The largest absolute Gasteiger partial charge is 0.369 e. The first-order chi connectivity index (χ1) is 15.7. The molecule has 0 aliphatic carbocycles. The maximum Gasteiger partial charge on any atom is 0.240 e. The maximum atomic E-state index is 14.0. The first-order valence-electron chi connectivity index (χ1n) is 11.0. The molecule has 2 aromatic carbocycles. The van der Waals surface area contributed by atoms with Crippen LogP contribution < -0.4 is 14.9 Å². The highest BCUT2D eigenvalue weighted by Gasteiger charge is 2.22. The molecule has 7 nitrogen and oxygen atoms in total. The van der Waals surface area contributed by atoms with Gasteiger partial charge in [0.15, 0.2) is 0 Å². The Bertz CT molecular complexity index is 1080. The Kier molecular flexibility index (Phi) is 8.69. The second-order valence-electron chi connectivity index (χ2n) is 8.02. The molecule has 1 aliphatic heterocycles. The molecule has 1 heterocycles. The summed E-state index contributed by atoms with van der Waals surface area (Å²) in [6.07, 6.45) is -0.0516. The van der Waals surface area contributed by atoms with Gasteiger partial charge in [-0.25, -0.2) is 17.5 Å². The highest BCUT2D eigenvalue weighted by atomic mass is 35.5.